The number of nitro benzene ring substituents is 1. The van der Waals surface area contributed by atoms with E-state index >= 15 is 0 Å². The minimum absolute atomic E-state index is 0.134. The summed E-state index contributed by atoms with van der Waals surface area (Å²) in [7, 11) is 1.86. The number of nitrogens with one attached hydrogen (secondary N) is 1. The third-order valence-corrected chi connectivity index (χ3v) is 3.21. The highest BCUT2D eigenvalue weighted by Crippen LogP contribution is 2.28. The Labute approximate surface area is 117 Å². The predicted molar refractivity (Wildman–Crippen MR) is 77.7 cm³/mol. The maximum absolute atomic E-state index is 11.1. The number of hydrogen-bond donors (Lipinski definition) is 1. The summed E-state index contributed by atoms with van der Waals surface area (Å²) in [6.45, 7) is 3.94. The summed E-state index contributed by atoms with van der Waals surface area (Å²) in [6, 6.07) is 6.63. The molecular formula is C14H18N4O2. The SMILES string of the molecule is CCc1nn(C)cc1NC(C)c1ccccc1[N+](=O)[O-]. The largest absolute Gasteiger partial charge is 0.375 e. The van der Waals surface area contributed by atoms with Gasteiger partial charge in [0.05, 0.1) is 27.9 Å². The van der Waals surface area contributed by atoms with Gasteiger partial charge >= 0.3 is 0 Å². The quantitative estimate of drug-likeness (QED) is 0.671. The molecule has 2 rings (SSSR count). The van der Waals surface area contributed by atoms with E-state index in [4.69, 9.17) is 0 Å². The van der Waals surface area contributed by atoms with Crippen LogP contribution in [0.1, 0.15) is 31.1 Å². The summed E-state index contributed by atoms with van der Waals surface area (Å²) in [4.78, 5) is 10.7. The monoisotopic (exact) mass is 274 g/mol. The second-order valence-corrected chi connectivity index (χ2v) is 4.70. The van der Waals surface area contributed by atoms with Gasteiger partial charge in [0.15, 0.2) is 0 Å². The summed E-state index contributed by atoms with van der Waals surface area (Å²) < 4.78 is 1.74. The van der Waals surface area contributed by atoms with Crippen LogP contribution in [0.3, 0.4) is 0 Å². The van der Waals surface area contributed by atoms with E-state index in [1.54, 1.807) is 16.8 Å². The fourth-order valence-corrected chi connectivity index (χ4v) is 2.25. The second kappa shape index (κ2) is 5.73. The van der Waals surface area contributed by atoms with Crippen molar-refractivity contribution in [2.75, 3.05) is 5.32 Å². The van der Waals surface area contributed by atoms with Crippen molar-refractivity contribution >= 4 is 11.4 Å². The zero-order chi connectivity index (χ0) is 14.7. The Morgan fingerprint density at radius 1 is 1.45 bits per heavy atom. The van der Waals surface area contributed by atoms with E-state index in [1.165, 1.54) is 6.07 Å². The lowest BCUT2D eigenvalue weighted by Gasteiger charge is -2.15. The van der Waals surface area contributed by atoms with Crippen LogP contribution >= 0.6 is 0 Å². The third kappa shape index (κ3) is 2.79. The Morgan fingerprint density at radius 3 is 2.80 bits per heavy atom. The van der Waals surface area contributed by atoms with Gasteiger partial charge in [-0.1, -0.05) is 25.1 Å². The van der Waals surface area contributed by atoms with Crippen LogP contribution in [0.5, 0.6) is 0 Å². The molecule has 1 unspecified atom stereocenters. The fraction of sp³-hybridized carbons (Fsp3) is 0.357. The van der Waals surface area contributed by atoms with Crippen molar-refractivity contribution in [1.82, 2.24) is 9.78 Å². The van der Waals surface area contributed by atoms with E-state index in [9.17, 15) is 10.1 Å². The maximum atomic E-state index is 11.1. The van der Waals surface area contributed by atoms with Gasteiger partial charge in [-0.05, 0) is 13.3 Å². The lowest BCUT2D eigenvalue weighted by Crippen LogP contribution is -2.09. The van der Waals surface area contributed by atoms with Crippen molar-refractivity contribution in [2.45, 2.75) is 26.3 Å². The predicted octanol–water partition coefficient (Wildman–Crippen LogP) is 3.06. The zero-order valence-electron chi connectivity index (χ0n) is 11.8. The number of para-hydroxylation sites is 1. The fourth-order valence-electron chi connectivity index (χ4n) is 2.25. The molecule has 0 saturated carbocycles. The van der Waals surface area contributed by atoms with Crippen molar-refractivity contribution in [3.63, 3.8) is 0 Å². The number of hydrogen-bond acceptors (Lipinski definition) is 4. The normalized spacial score (nSPS) is 12.2. The minimum atomic E-state index is -0.350. The molecule has 0 radical (unpaired) electrons. The van der Waals surface area contributed by atoms with Crippen LogP contribution in [-0.4, -0.2) is 14.7 Å². The van der Waals surface area contributed by atoms with Crippen molar-refractivity contribution in [1.29, 1.82) is 0 Å². The van der Waals surface area contributed by atoms with E-state index in [-0.39, 0.29) is 16.7 Å². The highest BCUT2D eigenvalue weighted by Gasteiger charge is 2.19. The van der Waals surface area contributed by atoms with Crippen molar-refractivity contribution in [3.8, 4) is 0 Å². The van der Waals surface area contributed by atoms with Gasteiger partial charge in [0.2, 0.25) is 0 Å². The van der Waals surface area contributed by atoms with Gasteiger partial charge in [0.1, 0.15) is 0 Å². The molecule has 1 heterocycles. The van der Waals surface area contributed by atoms with E-state index in [2.05, 4.69) is 10.4 Å². The van der Waals surface area contributed by atoms with Crippen LogP contribution in [0, 0.1) is 10.1 Å². The molecule has 0 bridgehead atoms. The smallest absolute Gasteiger partial charge is 0.274 e. The van der Waals surface area contributed by atoms with Crippen molar-refractivity contribution < 1.29 is 4.92 Å². The molecule has 1 aromatic heterocycles. The molecule has 6 nitrogen and oxygen atoms in total. The molecule has 20 heavy (non-hydrogen) atoms. The maximum Gasteiger partial charge on any atom is 0.274 e. The molecule has 0 saturated heterocycles. The Morgan fingerprint density at radius 2 is 2.15 bits per heavy atom. The molecule has 0 aliphatic heterocycles. The molecule has 6 heteroatoms. The van der Waals surface area contributed by atoms with Crippen molar-refractivity contribution in [2.24, 2.45) is 7.05 Å². The molecule has 0 aliphatic carbocycles. The van der Waals surface area contributed by atoms with Gasteiger partial charge in [-0.15, -0.1) is 0 Å². The lowest BCUT2D eigenvalue weighted by molar-refractivity contribution is -0.385. The van der Waals surface area contributed by atoms with Crippen LogP contribution < -0.4 is 5.32 Å². The van der Waals surface area contributed by atoms with E-state index in [1.807, 2.05) is 33.2 Å². The summed E-state index contributed by atoms with van der Waals surface area (Å²) in [5.74, 6) is 0. The summed E-state index contributed by atoms with van der Waals surface area (Å²) in [5, 5.41) is 18.7. The Balaban J connectivity index is 2.28. The van der Waals surface area contributed by atoms with Gasteiger partial charge in [-0.3, -0.25) is 14.8 Å². The van der Waals surface area contributed by atoms with Crippen LogP contribution in [0.2, 0.25) is 0 Å². The molecule has 1 aromatic carbocycles. The van der Waals surface area contributed by atoms with Crippen LogP contribution in [0.25, 0.3) is 0 Å². The van der Waals surface area contributed by atoms with Gasteiger partial charge in [0, 0.05) is 19.3 Å². The molecule has 2 aromatic rings. The van der Waals surface area contributed by atoms with E-state index in [0.717, 1.165) is 17.8 Å². The number of anilines is 1. The Kier molecular flexibility index (Phi) is 4.02. The number of aromatic nitrogens is 2. The Bertz CT molecular complexity index is 621. The van der Waals surface area contributed by atoms with Gasteiger partial charge < -0.3 is 5.32 Å². The van der Waals surface area contributed by atoms with Gasteiger partial charge in [-0.25, -0.2) is 0 Å². The molecule has 0 aliphatic rings. The van der Waals surface area contributed by atoms with Crippen LogP contribution in [0.4, 0.5) is 11.4 Å². The Hall–Kier alpha value is -2.37. The van der Waals surface area contributed by atoms with Gasteiger partial charge in [0.25, 0.3) is 5.69 Å². The molecule has 0 amide bonds. The first kappa shape index (κ1) is 14.0. The second-order valence-electron chi connectivity index (χ2n) is 4.70. The first-order chi connectivity index (χ1) is 9.52. The molecule has 0 spiro atoms. The summed E-state index contributed by atoms with van der Waals surface area (Å²) in [5.41, 5.74) is 2.68. The number of nitro groups is 1. The molecule has 0 fully saturated rings. The average molecular weight is 274 g/mol. The molecule has 106 valence electrons. The summed E-state index contributed by atoms with van der Waals surface area (Å²) in [6.07, 6.45) is 2.71. The number of benzene rings is 1. The van der Waals surface area contributed by atoms with E-state index in [0.29, 0.717) is 5.56 Å². The first-order valence-corrected chi connectivity index (χ1v) is 6.55. The molecular weight excluding hydrogens is 256 g/mol. The molecule has 1 atom stereocenters. The van der Waals surface area contributed by atoms with E-state index < -0.39 is 0 Å². The number of nitrogens with zero attached hydrogens (tertiary/aromatic N) is 3. The lowest BCUT2D eigenvalue weighted by atomic mass is 10.1. The summed E-state index contributed by atoms with van der Waals surface area (Å²) >= 11 is 0. The highest BCUT2D eigenvalue weighted by atomic mass is 16.6. The number of rotatable bonds is 5. The molecule has 1 N–H and O–H groups in total. The number of aryl methyl sites for hydroxylation is 2. The van der Waals surface area contributed by atoms with Crippen LogP contribution in [-0.2, 0) is 13.5 Å². The standard InChI is InChI=1S/C14H18N4O2/c1-4-12-13(9-17(3)16-12)15-10(2)11-7-5-6-8-14(11)18(19)20/h5-10,15H,4H2,1-3H3. The first-order valence-electron chi connectivity index (χ1n) is 6.55. The topological polar surface area (TPSA) is 73.0 Å². The zero-order valence-corrected chi connectivity index (χ0v) is 11.8. The third-order valence-electron chi connectivity index (χ3n) is 3.21. The average Bonchev–Trinajstić information content (AvgIpc) is 2.78. The highest BCUT2D eigenvalue weighted by molar-refractivity contribution is 5.51. The van der Waals surface area contributed by atoms with Crippen molar-refractivity contribution in [3.05, 3.63) is 51.8 Å². The minimum Gasteiger partial charge on any atom is -0.375 e. The van der Waals surface area contributed by atoms with Crippen LogP contribution in [0.15, 0.2) is 30.5 Å². The van der Waals surface area contributed by atoms with Gasteiger partial charge in [-0.2, -0.15) is 5.10 Å².